The molecule has 29 heavy (non-hydrogen) atoms. The largest absolute Gasteiger partial charge is 0.507 e. The second-order valence-corrected chi connectivity index (χ2v) is 7.86. The van der Waals surface area contributed by atoms with Crippen molar-refractivity contribution >= 4 is 28.8 Å². The molecule has 2 aromatic rings. The standard InChI is InChI=1S/C22H25NO5S/c1-4-27-16-9-7-15(8-10-16)20(24)18-19(17-6-5-13-29-17)23(22(26)21(18)25)11-12-28-14(2)3/h5-10,13-14,19,24H,4,11-12H2,1-3H3/b20-18-. The number of nitrogens with zero attached hydrogens (tertiary/aromatic N) is 1. The summed E-state index contributed by atoms with van der Waals surface area (Å²) < 4.78 is 11.0. The van der Waals surface area contributed by atoms with Crippen LogP contribution >= 0.6 is 11.3 Å². The first kappa shape index (κ1) is 21.1. The number of carbonyl (C=O) groups is 2. The molecule has 3 rings (SSSR count). The molecule has 1 unspecified atom stereocenters. The number of benzene rings is 1. The van der Waals surface area contributed by atoms with E-state index >= 15 is 0 Å². The highest BCUT2D eigenvalue weighted by Crippen LogP contribution is 2.41. The summed E-state index contributed by atoms with van der Waals surface area (Å²) in [6.07, 6.45) is 0.0239. The van der Waals surface area contributed by atoms with E-state index in [1.54, 1.807) is 24.3 Å². The Kier molecular flexibility index (Phi) is 6.71. The number of likely N-dealkylation sites (tertiary alicyclic amines) is 1. The molecule has 154 valence electrons. The quantitative estimate of drug-likeness (QED) is 0.401. The van der Waals surface area contributed by atoms with Crippen LogP contribution in [0.1, 0.15) is 37.3 Å². The lowest BCUT2D eigenvalue weighted by atomic mass is 10.00. The number of rotatable bonds is 8. The molecule has 0 bridgehead atoms. The number of aliphatic hydroxyl groups is 1. The molecule has 0 spiro atoms. The SMILES string of the molecule is CCOc1ccc(/C(O)=C2/C(=O)C(=O)N(CCOC(C)C)C2c2cccs2)cc1. The molecule has 1 amide bonds. The number of ether oxygens (including phenoxy) is 2. The van der Waals surface area contributed by atoms with Gasteiger partial charge in [0, 0.05) is 17.0 Å². The van der Waals surface area contributed by atoms with Crippen LogP contribution in [0.2, 0.25) is 0 Å². The number of ketones is 1. The summed E-state index contributed by atoms with van der Waals surface area (Å²) in [5.74, 6) is -0.815. The van der Waals surface area contributed by atoms with Crippen molar-refractivity contribution in [1.29, 1.82) is 0 Å². The highest BCUT2D eigenvalue weighted by atomic mass is 32.1. The minimum absolute atomic E-state index is 0.0239. The minimum Gasteiger partial charge on any atom is -0.507 e. The predicted molar refractivity (Wildman–Crippen MR) is 112 cm³/mol. The third kappa shape index (κ3) is 4.52. The Morgan fingerprint density at radius 2 is 1.93 bits per heavy atom. The van der Waals surface area contributed by atoms with E-state index in [-0.39, 0.29) is 24.0 Å². The smallest absolute Gasteiger partial charge is 0.295 e. The van der Waals surface area contributed by atoms with Crippen LogP contribution in [0.3, 0.4) is 0 Å². The van der Waals surface area contributed by atoms with Crippen LogP contribution in [0.4, 0.5) is 0 Å². The number of aliphatic hydroxyl groups excluding tert-OH is 1. The summed E-state index contributed by atoms with van der Waals surface area (Å²) in [5.41, 5.74) is 0.567. The van der Waals surface area contributed by atoms with E-state index in [1.807, 2.05) is 38.3 Å². The maximum atomic E-state index is 12.8. The Balaban J connectivity index is 1.99. The highest BCUT2D eigenvalue weighted by molar-refractivity contribution is 7.10. The van der Waals surface area contributed by atoms with Crippen LogP contribution in [-0.4, -0.2) is 47.6 Å². The number of carbonyl (C=O) groups excluding carboxylic acids is 2. The van der Waals surface area contributed by atoms with Gasteiger partial charge in [-0.2, -0.15) is 0 Å². The van der Waals surface area contributed by atoms with Crippen LogP contribution < -0.4 is 4.74 Å². The maximum absolute atomic E-state index is 12.8. The first-order valence-corrected chi connectivity index (χ1v) is 10.5. The lowest BCUT2D eigenvalue weighted by Gasteiger charge is -2.24. The van der Waals surface area contributed by atoms with Crippen LogP contribution in [0, 0.1) is 0 Å². The second kappa shape index (κ2) is 9.24. The van der Waals surface area contributed by atoms with Gasteiger partial charge in [0.25, 0.3) is 11.7 Å². The van der Waals surface area contributed by atoms with E-state index in [0.717, 1.165) is 4.88 Å². The van der Waals surface area contributed by atoms with Gasteiger partial charge in [-0.1, -0.05) is 6.07 Å². The number of Topliss-reactive ketones (excluding diaryl/α,β-unsaturated/α-hetero) is 1. The molecule has 1 aromatic heterocycles. The lowest BCUT2D eigenvalue weighted by Crippen LogP contribution is -2.33. The van der Waals surface area contributed by atoms with E-state index in [1.165, 1.54) is 16.2 Å². The highest BCUT2D eigenvalue weighted by Gasteiger charge is 2.46. The van der Waals surface area contributed by atoms with Crippen molar-refractivity contribution in [2.45, 2.75) is 32.9 Å². The van der Waals surface area contributed by atoms with Gasteiger partial charge in [-0.05, 0) is 56.5 Å². The Labute approximate surface area is 174 Å². The van der Waals surface area contributed by atoms with Crippen LogP contribution in [0.5, 0.6) is 5.75 Å². The average Bonchev–Trinajstić information content (AvgIpc) is 3.30. The van der Waals surface area contributed by atoms with Gasteiger partial charge in [-0.15, -0.1) is 11.3 Å². The van der Waals surface area contributed by atoms with Crippen LogP contribution in [0.15, 0.2) is 47.4 Å². The van der Waals surface area contributed by atoms with Gasteiger partial charge in [0.15, 0.2) is 0 Å². The van der Waals surface area contributed by atoms with Gasteiger partial charge in [0.05, 0.1) is 30.9 Å². The van der Waals surface area contributed by atoms with Crippen molar-refractivity contribution < 1.29 is 24.2 Å². The van der Waals surface area contributed by atoms with E-state index in [9.17, 15) is 14.7 Å². The molecule has 1 aliphatic heterocycles. The van der Waals surface area contributed by atoms with Gasteiger partial charge in [0.2, 0.25) is 0 Å². The fraction of sp³-hybridized carbons (Fsp3) is 0.364. The first-order valence-electron chi connectivity index (χ1n) is 9.60. The summed E-state index contributed by atoms with van der Waals surface area (Å²) in [7, 11) is 0. The van der Waals surface area contributed by atoms with Crippen molar-refractivity contribution in [3.8, 4) is 5.75 Å². The molecule has 1 atom stereocenters. The molecule has 1 fully saturated rings. The summed E-state index contributed by atoms with van der Waals surface area (Å²) in [4.78, 5) is 27.9. The van der Waals surface area contributed by atoms with Gasteiger partial charge in [-0.3, -0.25) is 9.59 Å². The summed E-state index contributed by atoms with van der Waals surface area (Å²) in [6, 6.07) is 9.92. The molecule has 0 aliphatic carbocycles. The van der Waals surface area contributed by atoms with Crippen molar-refractivity contribution in [3.63, 3.8) is 0 Å². The molecular weight excluding hydrogens is 390 g/mol. The maximum Gasteiger partial charge on any atom is 0.295 e. The fourth-order valence-electron chi connectivity index (χ4n) is 3.27. The summed E-state index contributed by atoms with van der Waals surface area (Å²) >= 11 is 1.44. The zero-order chi connectivity index (χ0) is 21.0. The van der Waals surface area contributed by atoms with Crippen molar-refractivity contribution in [1.82, 2.24) is 4.90 Å². The molecule has 1 aromatic carbocycles. The third-order valence-electron chi connectivity index (χ3n) is 4.57. The second-order valence-electron chi connectivity index (χ2n) is 6.88. The minimum atomic E-state index is -0.681. The number of amides is 1. The Morgan fingerprint density at radius 1 is 1.21 bits per heavy atom. The van der Waals surface area contributed by atoms with Gasteiger partial charge >= 0.3 is 0 Å². The van der Waals surface area contributed by atoms with E-state index < -0.39 is 17.7 Å². The average molecular weight is 416 g/mol. The molecule has 0 saturated carbocycles. The monoisotopic (exact) mass is 415 g/mol. The number of hydrogen-bond donors (Lipinski definition) is 1. The molecule has 0 radical (unpaired) electrons. The topological polar surface area (TPSA) is 76.1 Å². The van der Waals surface area contributed by atoms with Crippen molar-refractivity contribution in [3.05, 3.63) is 57.8 Å². The molecular formula is C22H25NO5S. The van der Waals surface area contributed by atoms with E-state index in [2.05, 4.69) is 0 Å². The van der Waals surface area contributed by atoms with Gasteiger partial charge in [-0.25, -0.2) is 0 Å². The Bertz CT molecular complexity index is 886. The molecule has 6 nitrogen and oxygen atoms in total. The van der Waals surface area contributed by atoms with Crippen molar-refractivity contribution in [2.24, 2.45) is 0 Å². The molecule has 1 saturated heterocycles. The van der Waals surface area contributed by atoms with Crippen LogP contribution in [0.25, 0.3) is 5.76 Å². The Morgan fingerprint density at radius 3 is 2.52 bits per heavy atom. The van der Waals surface area contributed by atoms with Crippen LogP contribution in [-0.2, 0) is 14.3 Å². The Hall–Kier alpha value is -2.64. The lowest BCUT2D eigenvalue weighted by molar-refractivity contribution is -0.140. The van der Waals surface area contributed by atoms with E-state index in [0.29, 0.717) is 24.5 Å². The molecule has 7 heteroatoms. The molecule has 1 aliphatic rings. The third-order valence-corrected chi connectivity index (χ3v) is 5.50. The van der Waals surface area contributed by atoms with Crippen molar-refractivity contribution in [2.75, 3.05) is 19.8 Å². The zero-order valence-corrected chi connectivity index (χ0v) is 17.6. The number of thiophene rings is 1. The first-order chi connectivity index (χ1) is 13.9. The summed E-state index contributed by atoms with van der Waals surface area (Å²) in [5, 5.41) is 12.8. The number of hydrogen-bond acceptors (Lipinski definition) is 6. The molecule has 1 N–H and O–H groups in total. The van der Waals surface area contributed by atoms with Gasteiger partial charge < -0.3 is 19.5 Å². The normalized spacial score (nSPS) is 18.6. The van der Waals surface area contributed by atoms with E-state index in [4.69, 9.17) is 9.47 Å². The fourth-order valence-corrected chi connectivity index (χ4v) is 4.12. The predicted octanol–water partition coefficient (Wildman–Crippen LogP) is 3.99. The molecule has 2 heterocycles. The summed E-state index contributed by atoms with van der Waals surface area (Å²) in [6.45, 7) is 6.83. The zero-order valence-electron chi connectivity index (χ0n) is 16.8. The van der Waals surface area contributed by atoms with Gasteiger partial charge in [0.1, 0.15) is 11.5 Å².